The Labute approximate surface area is 257 Å². The number of phenolic OH excluding ortho intramolecular Hbond substituents is 1. The van der Waals surface area contributed by atoms with Gasteiger partial charge < -0.3 is 35.1 Å². The number of benzene rings is 3. The summed E-state index contributed by atoms with van der Waals surface area (Å²) in [6, 6.07) is 20.7. The number of carbonyl (C=O) groups is 2. The molecule has 4 aromatic rings. The zero-order chi connectivity index (χ0) is 30.9. The minimum Gasteiger partial charge on any atom is -0.508 e. The number of carbonyl (C=O) groups excluding carboxylic acids is 2. The van der Waals surface area contributed by atoms with E-state index >= 15 is 0 Å². The second-order valence-corrected chi connectivity index (χ2v) is 10.8. The van der Waals surface area contributed by atoms with Crippen LogP contribution in [0.25, 0.3) is 5.69 Å². The lowest BCUT2D eigenvalue weighted by molar-refractivity contribution is -0.245. The zero-order valence-electron chi connectivity index (χ0n) is 23.8. The molecule has 230 valence electrons. The molecule has 44 heavy (non-hydrogen) atoms. The van der Waals surface area contributed by atoms with E-state index in [1.54, 1.807) is 54.1 Å². The van der Waals surface area contributed by atoms with E-state index in [4.69, 9.17) is 14.2 Å². The van der Waals surface area contributed by atoms with Gasteiger partial charge >= 0.3 is 12.0 Å². The predicted octanol–water partition coefficient (Wildman–Crippen LogP) is 3.88. The highest BCUT2D eigenvalue weighted by Crippen LogP contribution is 2.40. The van der Waals surface area contributed by atoms with Gasteiger partial charge in [0.25, 0.3) is 0 Å². The predicted molar refractivity (Wildman–Crippen MR) is 160 cm³/mol. The molecule has 0 radical (unpaired) electrons. The van der Waals surface area contributed by atoms with E-state index in [9.17, 15) is 19.8 Å². The van der Waals surface area contributed by atoms with Gasteiger partial charge in [-0.25, -0.2) is 4.79 Å². The third kappa shape index (κ3) is 8.11. The number of phenols is 1. The lowest BCUT2D eigenvalue weighted by Gasteiger charge is -2.36. The number of aromatic nitrogens is 4. The maximum atomic E-state index is 12.4. The Kier molecular flexibility index (Phi) is 10.4. The fraction of sp³-hybridized carbons (Fsp3) is 0.300. The number of aliphatic hydroxyl groups is 1. The first-order valence-electron chi connectivity index (χ1n) is 13.9. The van der Waals surface area contributed by atoms with Crippen molar-refractivity contribution < 1.29 is 34.0 Å². The lowest BCUT2D eigenvalue weighted by atomic mass is 10.0. The quantitative estimate of drug-likeness (QED) is 0.142. The number of nitrogens with zero attached hydrogens (tertiary/aromatic N) is 4. The number of amides is 2. The maximum absolute atomic E-state index is 12.4. The number of esters is 1. The molecule has 5 rings (SSSR count). The molecule has 1 aliphatic heterocycles. The summed E-state index contributed by atoms with van der Waals surface area (Å²) in [4.78, 5) is 23.9. The van der Waals surface area contributed by atoms with Crippen molar-refractivity contribution in [3.8, 4) is 11.4 Å². The minimum atomic E-state index is -0.755. The summed E-state index contributed by atoms with van der Waals surface area (Å²) in [5, 5.41) is 36.9. The van der Waals surface area contributed by atoms with Crippen LogP contribution in [0.1, 0.15) is 42.4 Å². The summed E-state index contributed by atoms with van der Waals surface area (Å²) < 4.78 is 19.3. The molecule has 13 nitrogen and oxygen atoms in total. The molecular weight excluding hydrogens is 588 g/mol. The maximum Gasteiger partial charge on any atom is 0.325 e. The summed E-state index contributed by atoms with van der Waals surface area (Å²) >= 11 is 1.43. The number of urea groups is 1. The average Bonchev–Trinajstić information content (AvgIpc) is 3.52. The van der Waals surface area contributed by atoms with Crippen LogP contribution in [0.2, 0.25) is 0 Å². The summed E-state index contributed by atoms with van der Waals surface area (Å²) in [6.45, 7) is 1.62. The van der Waals surface area contributed by atoms with Crippen molar-refractivity contribution in [1.29, 1.82) is 0 Å². The number of ether oxygens (including phenoxy) is 3. The van der Waals surface area contributed by atoms with Crippen LogP contribution in [-0.4, -0.2) is 67.4 Å². The second kappa shape index (κ2) is 14.8. The number of aliphatic hydroxyl groups excluding tert-OH is 1. The van der Waals surface area contributed by atoms with Gasteiger partial charge in [0.05, 0.1) is 31.1 Å². The van der Waals surface area contributed by atoms with Gasteiger partial charge in [-0.3, -0.25) is 4.79 Å². The van der Waals surface area contributed by atoms with Gasteiger partial charge in [-0.1, -0.05) is 48.2 Å². The number of nitrogens with one attached hydrogen (secondary N) is 2. The number of rotatable bonds is 11. The summed E-state index contributed by atoms with van der Waals surface area (Å²) in [6.07, 6.45) is -0.786. The molecule has 2 amide bonds. The van der Waals surface area contributed by atoms with Gasteiger partial charge in [-0.15, -0.1) is 5.10 Å². The number of thioether (sulfide) groups is 1. The third-order valence-corrected chi connectivity index (χ3v) is 7.71. The first-order chi connectivity index (χ1) is 21.4. The van der Waals surface area contributed by atoms with Crippen molar-refractivity contribution >= 4 is 29.4 Å². The molecule has 0 unspecified atom stereocenters. The number of hydrogen-bond acceptors (Lipinski definition) is 11. The van der Waals surface area contributed by atoms with Crippen LogP contribution in [0, 0.1) is 0 Å². The van der Waals surface area contributed by atoms with Gasteiger partial charge in [0.2, 0.25) is 5.16 Å². The molecule has 1 aromatic heterocycles. The number of tetrazole rings is 1. The van der Waals surface area contributed by atoms with Gasteiger partial charge in [-0.2, -0.15) is 4.68 Å². The highest BCUT2D eigenvalue weighted by atomic mass is 32.2. The summed E-state index contributed by atoms with van der Waals surface area (Å²) in [5.41, 5.74) is 3.62. The number of hydrogen-bond donors (Lipinski definition) is 4. The molecule has 0 spiro atoms. The Bertz CT molecular complexity index is 1550. The van der Waals surface area contributed by atoms with Crippen LogP contribution in [0.4, 0.5) is 10.5 Å². The molecule has 0 bridgehead atoms. The van der Waals surface area contributed by atoms with Gasteiger partial charge in [-0.05, 0) is 64.9 Å². The highest BCUT2D eigenvalue weighted by molar-refractivity contribution is 7.99. The molecule has 3 aromatic carbocycles. The van der Waals surface area contributed by atoms with Crippen molar-refractivity contribution in [2.75, 3.05) is 24.2 Å². The molecular formula is C30H32N6O7S. The van der Waals surface area contributed by atoms with E-state index in [0.29, 0.717) is 34.3 Å². The third-order valence-electron chi connectivity index (χ3n) is 6.66. The minimum absolute atomic E-state index is 0.0558. The van der Waals surface area contributed by atoms with E-state index in [-0.39, 0.29) is 37.7 Å². The van der Waals surface area contributed by atoms with Crippen LogP contribution >= 0.6 is 11.8 Å². The molecule has 14 heteroatoms. The topological polar surface area (TPSA) is 170 Å². The first kappa shape index (κ1) is 30.9. The van der Waals surface area contributed by atoms with Crippen LogP contribution in [-0.2, 0) is 25.6 Å². The van der Waals surface area contributed by atoms with E-state index in [1.165, 1.54) is 11.8 Å². The highest BCUT2D eigenvalue weighted by Gasteiger charge is 2.33. The normalized spacial score (nSPS) is 18.0. The molecule has 4 N–H and O–H groups in total. The largest absolute Gasteiger partial charge is 0.508 e. The Balaban J connectivity index is 1.31. The fourth-order valence-electron chi connectivity index (χ4n) is 4.52. The van der Waals surface area contributed by atoms with Crippen molar-refractivity contribution in [1.82, 2.24) is 25.5 Å². The summed E-state index contributed by atoms with van der Waals surface area (Å²) in [7, 11) is 0. The monoisotopic (exact) mass is 620 g/mol. The molecule has 1 aliphatic rings. The van der Waals surface area contributed by atoms with Crippen molar-refractivity contribution in [3.05, 3.63) is 89.5 Å². The molecule has 1 fully saturated rings. The van der Waals surface area contributed by atoms with Gasteiger partial charge in [0.15, 0.2) is 6.29 Å². The fourth-order valence-corrected chi connectivity index (χ4v) is 5.43. The Morgan fingerprint density at radius 1 is 1.07 bits per heavy atom. The van der Waals surface area contributed by atoms with E-state index in [2.05, 4.69) is 26.2 Å². The van der Waals surface area contributed by atoms with Crippen molar-refractivity contribution in [2.24, 2.45) is 0 Å². The van der Waals surface area contributed by atoms with Crippen molar-refractivity contribution in [2.45, 2.75) is 43.6 Å². The molecule has 3 atom stereocenters. The SMILES string of the molecule is CCOC(=O)CNC(=O)Nc1cccc([C@@H]2O[C@H](CSc3nnnn3-c3ccc(O)cc3)C[C@H](c3ccc(CO)cc3)O2)c1. The number of aromatic hydroxyl groups is 1. The van der Waals surface area contributed by atoms with E-state index in [1.807, 2.05) is 30.3 Å². The van der Waals surface area contributed by atoms with Crippen LogP contribution < -0.4 is 10.6 Å². The van der Waals surface area contributed by atoms with E-state index in [0.717, 1.165) is 11.1 Å². The second-order valence-electron chi connectivity index (χ2n) is 9.79. The first-order valence-corrected chi connectivity index (χ1v) is 14.9. The number of anilines is 1. The zero-order valence-corrected chi connectivity index (χ0v) is 24.6. The van der Waals surface area contributed by atoms with Crippen molar-refractivity contribution in [3.63, 3.8) is 0 Å². The lowest BCUT2D eigenvalue weighted by Crippen LogP contribution is -2.34. The Morgan fingerprint density at radius 3 is 2.61 bits per heavy atom. The molecule has 1 saturated heterocycles. The standard InChI is InChI=1S/C30H32N6O7S/c1-2-41-27(39)16-31-29(40)32-22-5-3-4-21(14-22)28-42-25(15-26(43-28)20-8-6-19(17-37)7-9-20)18-44-30-33-34-35-36(30)23-10-12-24(38)13-11-23/h3-14,25-26,28,37-38H,2,15-18H2,1H3,(H2,31,32,40)/t25-,26+,28+/m0/s1. The van der Waals surface area contributed by atoms with Gasteiger partial charge in [0, 0.05) is 23.4 Å². The molecule has 0 saturated carbocycles. The van der Waals surface area contributed by atoms with Crippen LogP contribution in [0.3, 0.4) is 0 Å². The smallest absolute Gasteiger partial charge is 0.325 e. The average molecular weight is 621 g/mol. The van der Waals surface area contributed by atoms with Crippen LogP contribution in [0.15, 0.2) is 78.0 Å². The Hall–Kier alpha value is -4.50. The van der Waals surface area contributed by atoms with Crippen LogP contribution in [0.5, 0.6) is 5.75 Å². The Morgan fingerprint density at radius 2 is 1.86 bits per heavy atom. The molecule has 2 heterocycles. The summed E-state index contributed by atoms with van der Waals surface area (Å²) in [5.74, 6) is 0.129. The van der Waals surface area contributed by atoms with Gasteiger partial charge in [0.1, 0.15) is 12.3 Å². The molecule has 0 aliphatic carbocycles. The van der Waals surface area contributed by atoms with E-state index < -0.39 is 18.3 Å².